The maximum absolute atomic E-state index is 14.7. The van der Waals surface area contributed by atoms with Gasteiger partial charge in [-0.3, -0.25) is 19.4 Å². The first-order chi connectivity index (χ1) is 33.9. The predicted octanol–water partition coefficient (Wildman–Crippen LogP) is 11.1. The van der Waals surface area contributed by atoms with E-state index < -0.39 is 10.8 Å². The number of hydrogen-bond donors (Lipinski definition) is 0. The van der Waals surface area contributed by atoms with Crippen LogP contribution in [0.3, 0.4) is 0 Å². The SMILES string of the molecule is COc1cc2c(cc1C)C1(CO2)C(=O)N(C(c2ccccc2)c2ccccc2)c2ccccc21.O=C1N(C(c2ccccc2)c2ccccc2)c2ccccc2C12COc1cc3c(cc12)OCCO3. The molecule has 2 atom stereocenters. The van der Waals surface area contributed by atoms with Crippen LogP contribution in [-0.2, 0) is 20.4 Å². The minimum Gasteiger partial charge on any atom is -0.496 e. The molecule has 0 N–H and O–H groups in total. The number of carbonyl (C=O) groups is 2. The molecular formula is C60H48N2O7. The van der Waals surface area contributed by atoms with E-state index in [1.54, 1.807) is 7.11 Å². The minimum atomic E-state index is -0.941. The second-order valence-electron chi connectivity index (χ2n) is 18.0. The van der Waals surface area contributed by atoms with Crippen molar-refractivity contribution in [1.82, 2.24) is 0 Å². The van der Waals surface area contributed by atoms with Crippen molar-refractivity contribution in [3.63, 3.8) is 0 Å². The number of nitrogens with zero attached hydrogens (tertiary/aromatic N) is 2. The number of methoxy groups -OCH3 is 1. The van der Waals surface area contributed by atoms with Crippen molar-refractivity contribution in [1.29, 1.82) is 0 Å². The van der Waals surface area contributed by atoms with Gasteiger partial charge in [0.05, 0.1) is 19.2 Å². The van der Waals surface area contributed by atoms with Gasteiger partial charge in [-0.05, 0) is 70.1 Å². The van der Waals surface area contributed by atoms with Crippen molar-refractivity contribution in [3.05, 3.63) is 244 Å². The summed E-state index contributed by atoms with van der Waals surface area (Å²) in [6.45, 7) is 3.51. The van der Waals surface area contributed by atoms with Crippen LogP contribution in [0, 0.1) is 6.92 Å². The molecule has 69 heavy (non-hydrogen) atoms. The molecule has 340 valence electrons. The molecule has 9 heteroatoms. The van der Waals surface area contributed by atoms with Crippen LogP contribution in [0.4, 0.5) is 11.4 Å². The lowest BCUT2D eigenvalue weighted by Crippen LogP contribution is -2.44. The molecule has 0 saturated carbocycles. The first-order valence-electron chi connectivity index (χ1n) is 23.4. The normalized spacial score (nSPS) is 18.9. The van der Waals surface area contributed by atoms with Crippen LogP contribution in [0.5, 0.6) is 28.7 Å². The highest BCUT2D eigenvalue weighted by molar-refractivity contribution is 6.13. The van der Waals surface area contributed by atoms with Gasteiger partial charge in [0, 0.05) is 34.6 Å². The van der Waals surface area contributed by atoms with Gasteiger partial charge in [0.2, 0.25) is 11.8 Å². The number of anilines is 2. The summed E-state index contributed by atoms with van der Waals surface area (Å²) in [5.41, 5.74) is 8.92. The highest BCUT2D eigenvalue weighted by Gasteiger charge is 2.60. The third-order valence-corrected chi connectivity index (χ3v) is 14.3. The van der Waals surface area contributed by atoms with Gasteiger partial charge in [-0.15, -0.1) is 0 Å². The Morgan fingerprint density at radius 3 is 1.25 bits per heavy atom. The van der Waals surface area contributed by atoms with Crippen LogP contribution in [0.1, 0.15) is 62.2 Å². The number of para-hydroxylation sites is 2. The molecule has 9 nitrogen and oxygen atoms in total. The lowest BCUT2D eigenvalue weighted by molar-refractivity contribution is -0.123. The second-order valence-corrected chi connectivity index (χ2v) is 18.0. The average molecular weight is 909 g/mol. The number of amides is 2. The van der Waals surface area contributed by atoms with E-state index in [4.69, 9.17) is 23.7 Å². The van der Waals surface area contributed by atoms with Crippen LogP contribution in [0.15, 0.2) is 194 Å². The van der Waals surface area contributed by atoms with Gasteiger partial charge in [-0.25, -0.2) is 0 Å². The first-order valence-corrected chi connectivity index (χ1v) is 23.4. The molecule has 8 aromatic carbocycles. The molecule has 0 aliphatic carbocycles. The number of aryl methyl sites for hydroxylation is 1. The highest BCUT2D eigenvalue weighted by atomic mass is 16.6. The van der Waals surface area contributed by atoms with E-state index in [2.05, 4.69) is 72.8 Å². The molecule has 2 amide bonds. The summed E-state index contributed by atoms with van der Waals surface area (Å²) in [6, 6.07) is 64.3. The monoisotopic (exact) mass is 908 g/mol. The third kappa shape index (κ3) is 6.51. The molecule has 2 spiro atoms. The van der Waals surface area contributed by atoms with Gasteiger partial charge in [0.25, 0.3) is 0 Å². The van der Waals surface area contributed by atoms with Gasteiger partial charge in [0.15, 0.2) is 11.5 Å². The average Bonchev–Trinajstić information content (AvgIpc) is 4.11. The van der Waals surface area contributed by atoms with Crippen LogP contribution in [0.2, 0.25) is 0 Å². The Bertz CT molecular complexity index is 3180. The lowest BCUT2D eigenvalue weighted by atomic mass is 9.76. The summed E-state index contributed by atoms with van der Waals surface area (Å²) in [6.07, 6.45) is 0. The second kappa shape index (κ2) is 16.8. The number of fused-ring (bicyclic) bond motifs is 9. The Labute approximate surface area is 401 Å². The van der Waals surface area contributed by atoms with E-state index in [0.717, 1.165) is 67.2 Å². The fourth-order valence-corrected chi connectivity index (χ4v) is 11.2. The molecule has 13 rings (SSSR count). The Kier molecular flexibility index (Phi) is 10.2. The van der Waals surface area contributed by atoms with E-state index in [1.807, 2.05) is 138 Å². The van der Waals surface area contributed by atoms with Crippen LogP contribution in [-0.4, -0.2) is 45.4 Å². The van der Waals surface area contributed by atoms with E-state index >= 15 is 0 Å². The Morgan fingerprint density at radius 1 is 0.435 bits per heavy atom. The van der Waals surface area contributed by atoms with Gasteiger partial charge in [-0.2, -0.15) is 0 Å². The molecule has 5 heterocycles. The minimum absolute atomic E-state index is 0.00633. The summed E-state index contributed by atoms with van der Waals surface area (Å²) < 4.78 is 29.5. The number of rotatable bonds is 7. The Morgan fingerprint density at radius 2 is 0.812 bits per heavy atom. The molecule has 0 aromatic heterocycles. The molecular weight excluding hydrogens is 861 g/mol. The van der Waals surface area contributed by atoms with Crippen molar-refractivity contribution in [2.75, 3.05) is 43.3 Å². The van der Waals surface area contributed by atoms with E-state index in [0.29, 0.717) is 36.2 Å². The number of benzene rings is 8. The lowest BCUT2D eigenvalue weighted by Gasteiger charge is -2.31. The summed E-state index contributed by atoms with van der Waals surface area (Å²) in [4.78, 5) is 33.2. The Hall–Kier alpha value is -8.30. The predicted molar refractivity (Wildman–Crippen MR) is 265 cm³/mol. The van der Waals surface area contributed by atoms with Crippen molar-refractivity contribution in [2.45, 2.75) is 29.8 Å². The van der Waals surface area contributed by atoms with Gasteiger partial charge >= 0.3 is 0 Å². The topological polar surface area (TPSA) is 86.8 Å². The number of hydrogen-bond acceptors (Lipinski definition) is 7. The largest absolute Gasteiger partial charge is 0.496 e. The molecule has 0 bridgehead atoms. The molecule has 0 fully saturated rings. The van der Waals surface area contributed by atoms with Crippen molar-refractivity contribution >= 4 is 23.2 Å². The Balaban J connectivity index is 0.000000143. The van der Waals surface area contributed by atoms with Gasteiger partial charge < -0.3 is 23.7 Å². The zero-order chi connectivity index (χ0) is 46.7. The number of carbonyl (C=O) groups excluding carboxylic acids is 2. The zero-order valence-corrected chi connectivity index (χ0v) is 38.2. The molecule has 0 saturated heterocycles. The van der Waals surface area contributed by atoms with Crippen LogP contribution < -0.4 is 33.5 Å². The van der Waals surface area contributed by atoms with Crippen LogP contribution in [0.25, 0.3) is 0 Å². The van der Waals surface area contributed by atoms with Crippen molar-refractivity contribution in [3.8, 4) is 28.7 Å². The summed E-state index contributed by atoms with van der Waals surface area (Å²) >= 11 is 0. The van der Waals surface area contributed by atoms with Crippen LogP contribution >= 0.6 is 0 Å². The van der Waals surface area contributed by atoms with E-state index in [1.165, 1.54) is 0 Å². The van der Waals surface area contributed by atoms with Gasteiger partial charge in [-0.1, -0.05) is 158 Å². The van der Waals surface area contributed by atoms with E-state index in [9.17, 15) is 9.59 Å². The fourth-order valence-electron chi connectivity index (χ4n) is 11.2. The molecule has 5 aliphatic rings. The third-order valence-electron chi connectivity index (χ3n) is 14.3. The van der Waals surface area contributed by atoms with Gasteiger partial charge in [0.1, 0.15) is 54.5 Å². The quantitative estimate of drug-likeness (QED) is 0.157. The smallest absolute Gasteiger partial charge is 0.246 e. The van der Waals surface area contributed by atoms with E-state index in [-0.39, 0.29) is 37.1 Å². The highest BCUT2D eigenvalue weighted by Crippen LogP contribution is 2.58. The fraction of sp³-hybridized carbons (Fsp3) is 0.167. The molecule has 8 aromatic rings. The summed E-state index contributed by atoms with van der Waals surface area (Å²) in [7, 11) is 1.65. The van der Waals surface area contributed by atoms with Crippen molar-refractivity contribution < 1.29 is 33.3 Å². The molecule has 5 aliphatic heterocycles. The number of ether oxygens (including phenoxy) is 5. The standard InChI is InChI=1S/C30H23NO4.C30H25NO3/c32-29-30(19-35-25-18-27-26(17-23(25)30)33-15-16-34-27)22-13-7-8-14-24(22)31(29)28(20-9-3-1-4-10-20)21-11-5-2-6-12-21;1-20-17-24-27(18-26(20)33-2)34-19-30(24)23-15-9-10-16-25(23)31(29(30)32)28(21-11-5-3-6-12-21)22-13-7-4-8-14-22/h1-14,17-18,28H,15-16,19H2;3-18,28H,19H2,1-2H3. The summed E-state index contributed by atoms with van der Waals surface area (Å²) in [5.74, 6) is 3.51. The zero-order valence-electron chi connectivity index (χ0n) is 38.2. The first kappa shape index (κ1) is 42.1. The molecule has 0 radical (unpaired) electrons. The van der Waals surface area contributed by atoms with Crippen molar-refractivity contribution in [2.24, 2.45) is 0 Å². The maximum Gasteiger partial charge on any atom is 0.246 e. The maximum atomic E-state index is 14.7. The molecule has 2 unspecified atom stereocenters. The summed E-state index contributed by atoms with van der Waals surface area (Å²) in [5, 5.41) is 0.